The van der Waals surface area contributed by atoms with E-state index >= 15 is 0 Å². The summed E-state index contributed by atoms with van der Waals surface area (Å²) in [5, 5.41) is 0. The molecular weight excluding hydrogens is 212 g/mol. The van der Waals surface area contributed by atoms with Gasteiger partial charge in [-0.1, -0.05) is 60.7 Å². The van der Waals surface area contributed by atoms with Crippen LogP contribution in [0.3, 0.4) is 0 Å². The Balaban J connectivity index is 2.33. The van der Waals surface area contributed by atoms with Crippen molar-refractivity contribution in [3.8, 4) is 0 Å². The van der Waals surface area contributed by atoms with E-state index in [1.807, 2.05) is 0 Å². The van der Waals surface area contributed by atoms with E-state index in [0.29, 0.717) is 0 Å². The molecule has 0 saturated carbocycles. The van der Waals surface area contributed by atoms with Crippen molar-refractivity contribution >= 4 is 11.6 Å². The fourth-order valence-electron chi connectivity index (χ4n) is 1.43. The van der Waals surface area contributed by atoms with E-state index in [0.717, 1.165) is 0 Å². The lowest BCUT2D eigenvalue weighted by atomic mass is 10.0. The summed E-state index contributed by atoms with van der Waals surface area (Å²) in [4.78, 5) is 24.2. The largest absolute Gasteiger partial charge is 0.294 e. The maximum Gasteiger partial charge on any atom is 0.170 e. The van der Waals surface area contributed by atoms with Crippen molar-refractivity contribution in [2.45, 2.75) is 6.37 Å². The van der Waals surface area contributed by atoms with Crippen LogP contribution in [-0.2, 0) is 0 Å². The molecule has 17 heavy (non-hydrogen) atoms. The molecule has 2 aromatic rings. The van der Waals surface area contributed by atoms with Gasteiger partial charge in [0.15, 0.2) is 11.6 Å². The third kappa shape index (κ3) is 2.88. The second-order valence-corrected chi connectivity index (χ2v) is 3.52. The number of ketones is 2. The number of carbonyl (C=O) groups is 2. The van der Waals surface area contributed by atoms with Gasteiger partial charge < -0.3 is 0 Å². The van der Waals surface area contributed by atoms with Gasteiger partial charge >= 0.3 is 0 Å². The molecule has 0 aliphatic carbocycles. The first-order valence-corrected chi connectivity index (χ1v) is 5.23. The number of benzene rings is 2. The van der Waals surface area contributed by atoms with Gasteiger partial charge in [-0.25, -0.2) is 0 Å². The maximum atomic E-state index is 12.1. The normalized spacial score (nSPS) is 12.5. The number of rotatable bonds is 4. The molecule has 2 rings (SSSR count). The Kier molecular flexibility index (Phi) is 2.72. The lowest BCUT2D eigenvalue weighted by molar-refractivity contribution is 0.0894. The van der Waals surface area contributed by atoms with E-state index in [1.165, 1.54) is 24.3 Å². The van der Waals surface area contributed by atoms with Crippen molar-refractivity contribution in [2.75, 3.05) is 0 Å². The number of hydrogen-bond donors (Lipinski definition) is 0. The van der Waals surface area contributed by atoms with Crippen LogP contribution in [0.2, 0.25) is 0 Å². The van der Waals surface area contributed by atoms with Crippen LogP contribution in [0.4, 0.5) is 0 Å². The number of carbonyl (C=O) groups excluding carboxylic acids is 2. The van der Waals surface area contributed by atoms with E-state index in [2.05, 4.69) is 0 Å². The molecular formula is C15H12O2. The smallest absolute Gasteiger partial charge is 0.170 e. The van der Waals surface area contributed by atoms with Crippen molar-refractivity contribution in [1.82, 2.24) is 0 Å². The second kappa shape index (κ2) is 5.21. The molecule has 0 fully saturated rings. The molecule has 0 saturated heterocycles. The van der Waals surface area contributed by atoms with Gasteiger partial charge in [0.1, 0.15) is 0 Å². The molecule has 2 aromatic carbocycles. The van der Waals surface area contributed by atoms with Crippen LogP contribution in [0.15, 0.2) is 60.7 Å². The average molecular weight is 226 g/mol. The van der Waals surface area contributed by atoms with Crippen LogP contribution in [0, 0.1) is 0 Å². The molecule has 0 spiro atoms. The van der Waals surface area contributed by atoms with Gasteiger partial charge in [0.2, 0.25) is 0 Å². The van der Waals surface area contributed by atoms with Gasteiger partial charge in [0.05, 0.1) is 6.37 Å². The first kappa shape index (κ1) is 8.88. The Morgan fingerprint density at radius 1 is 0.765 bits per heavy atom. The van der Waals surface area contributed by atoms with E-state index in [9.17, 15) is 9.59 Å². The molecule has 0 atom stereocenters. The number of hydrogen-bond acceptors (Lipinski definition) is 2. The van der Waals surface area contributed by atoms with Gasteiger partial charge in [-0.05, 0) is 0 Å². The lowest BCUT2D eigenvalue weighted by Gasteiger charge is -2.00. The third-order valence-corrected chi connectivity index (χ3v) is 2.30. The van der Waals surface area contributed by atoms with Gasteiger partial charge in [0.25, 0.3) is 0 Å². The highest BCUT2D eigenvalue weighted by Gasteiger charge is 2.12. The average Bonchev–Trinajstić information content (AvgIpc) is 2.47. The highest BCUT2D eigenvalue weighted by Crippen LogP contribution is 2.08. The van der Waals surface area contributed by atoms with Crippen LogP contribution < -0.4 is 0 Å². The minimum Gasteiger partial charge on any atom is -0.294 e. The second-order valence-electron chi connectivity index (χ2n) is 3.52. The van der Waals surface area contributed by atoms with Crippen molar-refractivity contribution < 1.29 is 12.3 Å². The summed E-state index contributed by atoms with van der Waals surface area (Å²) in [5.41, 5.74) is 0.383. The molecule has 0 unspecified atom stereocenters. The molecule has 0 aliphatic heterocycles. The Bertz CT molecular complexity index is 539. The fraction of sp³-hybridized carbons (Fsp3) is 0.0667. The predicted octanol–water partition coefficient (Wildman–Crippen LogP) is 3.14. The summed E-state index contributed by atoms with van der Waals surface area (Å²) in [6.45, 7) is 0. The summed E-state index contributed by atoms with van der Waals surface area (Å²) in [7, 11) is 0. The molecule has 84 valence electrons. The zero-order valence-electron chi connectivity index (χ0n) is 11.1. The zero-order chi connectivity index (χ0) is 13.9. The van der Waals surface area contributed by atoms with Crippen molar-refractivity contribution in [3.63, 3.8) is 0 Å². The molecule has 0 aliphatic rings. The van der Waals surface area contributed by atoms with Crippen LogP contribution in [0.1, 0.15) is 29.8 Å². The van der Waals surface area contributed by atoms with Gasteiger partial charge in [-0.2, -0.15) is 0 Å². The van der Waals surface area contributed by atoms with Gasteiger partial charge in [-0.15, -0.1) is 0 Å². The molecule has 0 bridgehead atoms. The summed E-state index contributed by atoms with van der Waals surface area (Å²) >= 11 is 0. The molecule has 0 aromatic heterocycles. The Hall–Kier alpha value is -2.22. The standard InChI is InChI=1S/C15H12O2/c16-14(12-7-3-1-4-8-12)11-15(17)13-9-5-2-6-10-13/h1-10H,11H2/i11D2. The maximum absolute atomic E-state index is 12.1. The quantitative estimate of drug-likeness (QED) is 0.593. The van der Waals surface area contributed by atoms with Crippen molar-refractivity contribution in [1.29, 1.82) is 0 Å². The topological polar surface area (TPSA) is 34.1 Å². The highest BCUT2D eigenvalue weighted by molar-refractivity contribution is 6.13. The Morgan fingerprint density at radius 3 is 1.47 bits per heavy atom. The van der Waals surface area contributed by atoms with Crippen molar-refractivity contribution in [3.05, 3.63) is 71.8 Å². The fourth-order valence-corrected chi connectivity index (χ4v) is 1.43. The summed E-state index contributed by atoms with van der Waals surface area (Å²) in [5.74, 6) is -1.64. The van der Waals surface area contributed by atoms with Crippen LogP contribution >= 0.6 is 0 Å². The molecule has 0 N–H and O–H groups in total. The van der Waals surface area contributed by atoms with E-state index in [-0.39, 0.29) is 11.1 Å². The van der Waals surface area contributed by atoms with Crippen LogP contribution in [0.25, 0.3) is 0 Å². The molecule has 0 amide bonds. The van der Waals surface area contributed by atoms with E-state index < -0.39 is 17.9 Å². The highest BCUT2D eigenvalue weighted by atomic mass is 16.1. The molecule has 2 heteroatoms. The molecule has 2 nitrogen and oxygen atoms in total. The van der Waals surface area contributed by atoms with Gasteiger partial charge in [-0.3, -0.25) is 9.59 Å². The third-order valence-electron chi connectivity index (χ3n) is 2.30. The monoisotopic (exact) mass is 226 g/mol. The molecule has 0 radical (unpaired) electrons. The summed E-state index contributed by atoms with van der Waals surface area (Å²) in [6.07, 6.45) is -2.55. The SMILES string of the molecule is [2H]C([2H])(C(=O)c1ccccc1)C(=O)c1ccccc1. The van der Waals surface area contributed by atoms with Crippen molar-refractivity contribution in [2.24, 2.45) is 0 Å². The molecule has 0 heterocycles. The Labute approximate surface area is 103 Å². The first-order valence-electron chi connectivity index (χ1n) is 6.23. The zero-order valence-corrected chi connectivity index (χ0v) is 9.09. The predicted molar refractivity (Wildman–Crippen MR) is 66.2 cm³/mol. The number of Topliss-reactive ketones (excluding diaryl/α,β-unsaturated/α-hetero) is 2. The van der Waals surface area contributed by atoms with Gasteiger partial charge in [0, 0.05) is 13.9 Å². The Morgan fingerprint density at radius 2 is 1.12 bits per heavy atom. The summed E-state index contributed by atoms with van der Waals surface area (Å²) in [6, 6.07) is 16.0. The van der Waals surface area contributed by atoms with Crippen LogP contribution in [-0.4, -0.2) is 11.6 Å². The van der Waals surface area contributed by atoms with E-state index in [1.54, 1.807) is 36.4 Å². The van der Waals surface area contributed by atoms with E-state index in [4.69, 9.17) is 2.74 Å². The summed E-state index contributed by atoms with van der Waals surface area (Å²) < 4.78 is 15.6. The minimum atomic E-state index is -2.55. The lowest BCUT2D eigenvalue weighted by Crippen LogP contribution is -2.08. The first-order chi connectivity index (χ1) is 9.03. The van der Waals surface area contributed by atoms with Crippen LogP contribution in [0.5, 0.6) is 0 Å². The minimum absolute atomic E-state index is 0.191.